The molecule has 1 fully saturated rings. The van der Waals surface area contributed by atoms with Crippen LogP contribution < -0.4 is 10.1 Å². The highest BCUT2D eigenvalue weighted by Crippen LogP contribution is 2.34. The van der Waals surface area contributed by atoms with Crippen molar-refractivity contribution in [3.63, 3.8) is 0 Å². The first-order valence-corrected chi connectivity index (χ1v) is 7.20. The number of benzene rings is 1. The number of hydrogen-bond acceptors (Lipinski definition) is 3. The van der Waals surface area contributed by atoms with Crippen molar-refractivity contribution in [2.45, 2.75) is 58.0 Å². The molecule has 2 rings (SSSR count). The monoisotopic (exact) mass is 263 g/mol. The molecular formula is C16H25NO2. The van der Waals surface area contributed by atoms with Gasteiger partial charge in [0.05, 0.1) is 24.4 Å². The summed E-state index contributed by atoms with van der Waals surface area (Å²) in [6.45, 7) is 6.25. The zero-order valence-electron chi connectivity index (χ0n) is 12.3. The molecule has 1 N–H and O–H groups in total. The van der Waals surface area contributed by atoms with Crippen LogP contribution >= 0.6 is 0 Å². The van der Waals surface area contributed by atoms with E-state index in [2.05, 4.69) is 38.2 Å². The Balaban J connectivity index is 2.22. The number of hydrogen-bond donors (Lipinski definition) is 1. The van der Waals surface area contributed by atoms with Crippen LogP contribution in [0.15, 0.2) is 24.3 Å². The van der Waals surface area contributed by atoms with Crippen LogP contribution in [0.3, 0.4) is 0 Å². The van der Waals surface area contributed by atoms with Crippen LogP contribution in [0.5, 0.6) is 5.75 Å². The molecule has 0 bridgehead atoms. The molecule has 1 aliphatic heterocycles. The van der Waals surface area contributed by atoms with Crippen LogP contribution in [-0.2, 0) is 4.74 Å². The van der Waals surface area contributed by atoms with E-state index in [1.54, 1.807) is 0 Å². The van der Waals surface area contributed by atoms with Gasteiger partial charge >= 0.3 is 0 Å². The second-order valence-corrected chi connectivity index (χ2v) is 5.53. The molecule has 0 amide bonds. The largest absolute Gasteiger partial charge is 0.491 e. The third kappa shape index (κ3) is 3.48. The Labute approximate surface area is 116 Å². The van der Waals surface area contributed by atoms with Crippen LogP contribution in [-0.4, -0.2) is 25.4 Å². The summed E-state index contributed by atoms with van der Waals surface area (Å²) < 4.78 is 11.9. The van der Waals surface area contributed by atoms with Crippen LogP contribution in [0.1, 0.15) is 45.2 Å². The van der Waals surface area contributed by atoms with E-state index in [4.69, 9.17) is 9.47 Å². The first kappa shape index (κ1) is 14.4. The fraction of sp³-hybridized carbons (Fsp3) is 0.625. The average Bonchev–Trinajstić information content (AvgIpc) is 2.78. The molecule has 0 radical (unpaired) electrons. The van der Waals surface area contributed by atoms with E-state index < -0.39 is 0 Å². The van der Waals surface area contributed by atoms with Gasteiger partial charge in [-0.3, -0.25) is 0 Å². The molecule has 1 aromatic carbocycles. The van der Waals surface area contributed by atoms with E-state index in [0.717, 1.165) is 18.6 Å². The van der Waals surface area contributed by atoms with Gasteiger partial charge in [0, 0.05) is 5.56 Å². The van der Waals surface area contributed by atoms with Gasteiger partial charge in [-0.05, 0) is 46.7 Å². The molecule has 1 aromatic rings. The lowest BCUT2D eigenvalue weighted by Gasteiger charge is -2.26. The van der Waals surface area contributed by atoms with Crippen molar-refractivity contribution in [3.8, 4) is 5.75 Å². The molecule has 3 nitrogen and oxygen atoms in total. The molecule has 1 saturated heterocycles. The first-order chi connectivity index (χ1) is 9.11. The summed E-state index contributed by atoms with van der Waals surface area (Å²) in [5, 5.41) is 3.39. The molecule has 3 unspecified atom stereocenters. The van der Waals surface area contributed by atoms with Crippen molar-refractivity contribution >= 4 is 0 Å². The summed E-state index contributed by atoms with van der Waals surface area (Å²) >= 11 is 0. The third-order valence-electron chi connectivity index (χ3n) is 3.56. The molecule has 0 spiro atoms. The normalized spacial score (nSPS) is 24.7. The topological polar surface area (TPSA) is 30.5 Å². The SMILES string of the molecule is CNC(c1ccccc1OC(C)C)C1CCC(C)O1. The summed E-state index contributed by atoms with van der Waals surface area (Å²) in [6.07, 6.45) is 3.01. The van der Waals surface area contributed by atoms with Gasteiger partial charge in [-0.2, -0.15) is 0 Å². The third-order valence-corrected chi connectivity index (χ3v) is 3.56. The minimum absolute atomic E-state index is 0.182. The second-order valence-electron chi connectivity index (χ2n) is 5.53. The Morgan fingerprint density at radius 2 is 2.00 bits per heavy atom. The summed E-state index contributed by atoms with van der Waals surface area (Å²) in [5.41, 5.74) is 1.19. The number of nitrogens with one attached hydrogen (secondary N) is 1. The van der Waals surface area contributed by atoms with Gasteiger partial charge in [0.25, 0.3) is 0 Å². The molecule has 106 valence electrons. The fourth-order valence-corrected chi connectivity index (χ4v) is 2.72. The predicted octanol–water partition coefficient (Wildman–Crippen LogP) is 3.30. The average molecular weight is 263 g/mol. The highest BCUT2D eigenvalue weighted by molar-refractivity contribution is 5.37. The predicted molar refractivity (Wildman–Crippen MR) is 77.6 cm³/mol. The van der Waals surface area contributed by atoms with E-state index in [1.807, 2.05) is 19.2 Å². The van der Waals surface area contributed by atoms with Gasteiger partial charge in [-0.15, -0.1) is 0 Å². The lowest BCUT2D eigenvalue weighted by atomic mass is 9.98. The van der Waals surface area contributed by atoms with Gasteiger partial charge in [0.1, 0.15) is 5.75 Å². The molecule has 3 heteroatoms. The van der Waals surface area contributed by atoms with E-state index in [1.165, 1.54) is 5.56 Å². The van der Waals surface area contributed by atoms with Crippen molar-refractivity contribution in [1.82, 2.24) is 5.32 Å². The molecule has 19 heavy (non-hydrogen) atoms. The van der Waals surface area contributed by atoms with Crippen LogP contribution in [0.4, 0.5) is 0 Å². The van der Waals surface area contributed by atoms with Gasteiger partial charge in [0.15, 0.2) is 0 Å². The van der Waals surface area contributed by atoms with Crippen molar-refractivity contribution in [3.05, 3.63) is 29.8 Å². The van der Waals surface area contributed by atoms with Crippen LogP contribution in [0, 0.1) is 0 Å². The lowest BCUT2D eigenvalue weighted by molar-refractivity contribution is 0.0324. The van der Waals surface area contributed by atoms with Crippen LogP contribution in [0.2, 0.25) is 0 Å². The van der Waals surface area contributed by atoms with E-state index in [-0.39, 0.29) is 18.2 Å². The van der Waals surface area contributed by atoms with E-state index in [9.17, 15) is 0 Å². The van der Waals surface area contributed by atoms with Crippen molar-refractivity contribution < 1.29 is 9.47 Å². The lowest BCUT2D eigenvalue weighted by Crippen LogP contribution is -2.30. The number of ether oxygens (including phenoxy) is 2. The smallest absolute Gasteiger partial charge is 0.124 e. The minimum atomic E-state index is 0.182. The summed E-state index contributed by atoms with van der Waals surface area (Å²) in [6, 6.07) is 8.44. The van der Waals surface area contributed by atoms with Crippen molar-refractivity contribution in [2.75, 3.05) is 7.05 Å². The maximum atomic E-state index is 6.01. The molecular weight excluding hydrogens is 238 g/mol. The second kappa shape index (κ2) is 6.40. The fourth-order valence-electron chi connectivity index (χ4n) is 2.72. The molecule has 0 saturated carbocycles. The maximum absolute atomic E-state index is 6.01. The van der Waals surface area contributed by atoms with E-state index >= 15 is 0 Å². The highest BCUT2D eigenvalue weighted by atomic mass is 16.5. The molecule has 0 aliphatic carbocycles. The van der Waals surface area contributed by atoms with Gasteiger partial charge in [0.2, 0.25) is 0 Å². The molecule has 1 aliphatic rings. The Hall–Kier alpha value is -1.06. The Bertz CT molecular complexity index is 405. The summed E-state index contributed by atoms with van der Waals surface area (Å²) in [4.78, 5) is 0. The van der Waals surface area contributed by atoms with Crippen molar-refractivity contribution in [1.29, 1.82) is 0 Å². The van der Waals surface area contributed by atoms with Gasteiger partial charge < -0.3 is 14.8 Å². The van der Waals surface area contributed by atoms with E-state index in [0.29, 0.717) is 6.10 Å². The summed E-state index contributed by atoms with van der Waals surface area (Å²) in [5.74, 6) is 0.958. The number of likely N-dealkylation sites (N-methyl/N-ethyl adjacent to an activating group) is 1. The molecule has 1 heterocycles. The Morgan fingerprint density at radius 3 is 2.58 bits per heavy atom. The number of para-hydroxylation sites is 1. The number of rotatable bonds is 5. The standard InChI is InChI=1S/C16H25NO2/c1-11(2)18-14-8-6-5-7-13(14)16(17-4)15-10-9-12(3)19-15/h5-8,11-12,15-17H,9-10H2,1-4H3. The van der Waals surface area contributed by atoms with Crippen molar-refractivity contribution in [2.24, 2.45) is 0 Å². The Morgan fingerprint density at radius 1 is 1.26 bits per heavy atom. The summed E-state index contributed by atoms with van der Waals surface area (Å²) in [7, 11) is 1.99. The Kier molecular flexibility index (Phi) is 4.83. The van der Waals surface area contributed by atoms with Gasteiger partial charge in [-0.25, -0.2) is 0 Å². The highest BCUT2D eigenvalue weighted by Gasteiger charge is 2.31. The zero-order chi connectivity index (χ0) is 13.8. The first-order valence-electron chi connectivity index (χ1n) is 7.20. The maximum Gasteiger partial charge on any atom is 0.124 e. The zero-order valence-corrected chi connectivity index (χ0v) is 12.3. The molecule has 3 atom stereocenters. The minimum Gasteiger partial charge on any atom is -0.491 e. The molecule has 0 aromatic heterocycles. The van der Waals surface area contributed by atoms with Crippen LogP contribution in [0.25, 0.3) is 0 Å². The quantitative estimate of drug-likeness (QED) is 0.884. The van der Waals surface area contributed by atoms with Gasteiger partial charge in [-0.1, -0.05) is 18.2 Å².